The molecule has 0 aromatic heterocycles. The van der Waals surface area contributed by atoms with E-state index in [1.54, 1.807) is 6.92 Å². The lowest BCUT2D eigenvalue weighted by molar-refractivity contribution is -0.134. The molecule has 4 atom stereocenters. The number of hydrogen-bond acceptors (Lipinski definition) is 5. The van der Waals surface area contributed by atoms with Crippen LogP contribution in [0.1, 0.15) is 64.0 Å². The van der Waals surface area contributed by atoms with Crippen LogP contribution in [0, 0.1) is 5.92 Å². The minimum atomic E-state index is -0.899. The van der Waals surface area contributed by atoms with E-state index in [9.17, 15) is 19.2 Å². The predicted molar refractivity (Wildman–Crippen MR) is 174 cm³/mol. The number of nitrogens with one attached hydrogen (secondary N) is 4. The first-order valence-corrected chi connectivity index (χ1v) is 15.6. The van der Waals surface area contributed by atoms with Crippen LogP contribution in [0.4, 0.5) is 0 Å². The number of hydrogen-bond donors (Lipinski definition) is 5. The molecule has 0 saturated heterocycles. The quantitative estimate of drug-likeness (QED) is 0.150. The lowest BCUT2D eigenvalue weighted by Crippen LogP contribution is -2.58. The van der Waals surface area contributed by atoms with E-state index in [1.165, 1.54) is 0 Å². The fourth-order valence-electron chi connectivity index (χ4n) is 4.99. The van der Waals surface area contributed by atoms with Gasteiger partial charge in [-0.3, -0.25) is 19.2 Å². The molecule has 9 nitrogen and oxygen atoms in total. The molecule has 0 aliphatic rings. The van der Waals surface area contributed by atoms with Gasteiger partial charge < -0.3 is 27.0 Å². The van der Waals surface area contributed by atoms with E-state index in [0.717, 1.165) is 28.3 Å². The summed E-state index contributed by atoms with van der Waals surface area (Å²) >= 11 is 0. The molecule has 44 heavy (non-hydrogen) atoms. The van der Waals surface area contributed by atoms with Crippen molar-refractivity contribution in [3.63, 3.8) is 0 Å². The van der Waals surface area contributed by atoms with E-state index in [2.05, 4.69) is 21.3 Å². The maximum Gasteiger partial charge on any atom is 0.243 e. The van der Waals surface area contributed by atoms with Gasteiger partial charge in [0.05, 0.1) is 0 Å². The number of unbranched alkanes of at least 4 members (excludes halogenated alkanes) is 1. The second-order valence-corrected chi connectivity index (χ2v) is 11.3. The highest BCUT2D eigenvalue weighted by atomic mass is 16.2. The molecule has 0 aliphatic heterocycles. The van der Waals surface area contributed by atoms with E-state index < -0.39 is 29.9 Å². The van der Waals surface area contributed by atoms with E-state index in [0.29, 0.717) is 32.4 Å². The maximum atomic E-state index is 13.7. The molecule has 0 unspecified atom stereocenters. The molecule has 0 saturated carbocycles. The van der Waals surface area contributed by atoms with E-state index in [4.69, 9.17) is 5.73 Å². The maximum absolute atomic E-state index is 13.7. The molecule has 236 valence electrons. The zero-order valence-corrected chi connectivity index (χ0v) is 26.1. The molecular weight excluding hydrogens is 554 g/mol. The van der Waals surface area contributed by atoms with E-state index in [-0.39, 0.29) is 30.6 Å². The molecule has 9 heteroatoms. The topological polar surface area (TPSA) is 142 Å². The van der Waals surface area contributed by atoms with Gasteiger partial charge >= 0.3 is 0 Å². The van der Waals surface area contributed by atoms with Crippen LogP contribution in [-0.2, 0) is 32.1 Å². The van der Waals surface area contributed by atoms with Crippen molar-refractivity contribution in [1.29, 1.82) is 0 Å². The summed E-state index contributed by atoms with van der Waals surface area (Å²) in [5.74, 6) is -1.66. The average Bonchev–Trinajstić information content (AvgIpc) is 3.05. The van der Waals surface area contributed by atoms with Gasteiger partial charge in [-0.2, -0.15) is 0 Å². The zero-order chi connectivity index (χ0) is 31.9. The number of amides is 4. The van der Waals surface area contributed by atoms with E-state index in [1.807, 2.05) is 86.6 Å². The van der Waals surface area contributed by atoms with Crippen LogP contribution in [0.25, 0.3) is 10.8 Å². The standard InChI is InChI=1S/C35H47N5O4/c1-4-24(3)32(35(44)39-29(17-11-12-20-36)33(42)37-23-25-13-7-6-8-14-25)40-34(43)30(38-31(41)5-2)22-26-18-19-27-15-9-10-16-28(27)21-26/h6-10,13-16,18-19,21,24,29-30,32H,4-5,11-12,17,20,22-23,36H2,1-3H3,(H,37,42)(H,38,41)(H,39,44)(H,40,43)/t24-,29-,30-,32-/m0/s1. The summed E-state index contributed by atoms with van der Waals surface area (Å²) in [6, 6.07) is 20.9. The third-order valence-corrected chi connectivity index (χ3v) is 7.91. The first-order chi connectivity index (χ1) is 21.2. The normalized spacial score (nSPS) is 13.7. The Hall–Kier alpha value is -4.24. The third-order valence-electron chi connectivity index (χ3n) is 7.91. The molecule has 3 rings (SSSR count). The van der Waals surface area contributed by atoms with Crippen molar-refractivity contribution in [2.75, 3.05) is 6.54 Å². The van der Waals surface area contributed by atoms with Crippen molar-refractivity contribution in [3.05, 3.63) is 83.9 Å². The first kappa shape index (κ1) is 34.3. The van der Waals surface area contributed by atoms with Crippen LogP contribution in [0.2, 0.25) is 0 Å². The van der Waals surface area contributed by atoms with Gasteiger partial charge in [-0.1, -0.05) is 100.0 Å². The Bertz CT molecular complexity index is 1380. The Morgan fingerprint density at radius 3 is 2.11 bits per heavy atom. The van der Waals surface area contributed by atoms with Crippen LogP contribution in [0.15, 0.2) is 72.8 Å². The summed E-state index contributed by atoms with van der Waals surface area (Å²) in [4.78, 5) is 53.0. The number of fused-ring (bicyclic) bond motifs is 1. The molecule has 0 aliphatic carbocycles. The fraction of sp³-hybridized carbons (Fsp3) is 0.429. The highest BCUT2D eigenvalue weighted by Gasteiger charge is 2.32. The number of carbonyl (C=O) groups is 4. The van der Waals surface area contributed by atoms with Gasteiger partial charge in [-0.15, -0.1) is 0 Å². The molecule has 3 aromatic rings. The molecule has 0 radical (unpaired) electrons. The Morgan fingerprint density at radius 1 is 0.727 bits per heavy atom. The predicted octanol–water partition coefficient (Wildman–Crippen LogP) is 3.74. The van der Waals surface area contributed by atoms with Crippen LogP contribution in [0.5, 0.6) is 0 Å². The molecule has 3 aromatic carbocycles. The Kier molecular flexibility index (Phi) is 13.8. The monoisotopic (exact) mass is 601 g/mol. The molecular formula is C35H47N5O4. The Morgan fingerprint density at radius 2 is 1.43 bits per heavy atom. The number of carbonyl (C=O) groups excluding carboxylic acids is 4. The third kappa shape index (κ3) is 10.5. The molecule has 0 heterocycles. The summed E-state index contributed by atoms with van der Waals surface area (Å²) in [7, 11) is 0. The van der Waals surface area contributed by atoms with Gasteiger partial charge in [-0.05, 0) is 53.6 Å². The van der Waals surface area contributed by atoms with Crippen LogP contribution < -0.4 is 27.0 Å². The van der Waals surface area contributed by atoms with Crippen LogP contribution in [0.3, 0.4) is 0 Å². The highest BCUT2D eigenvalue weighted by molar-refractivity contribution is 5.94. The van der Waals surface area contributed by atoms with Gasteiger partial charge in [0.2, 0.25) is 23.6 Å². The lowest BCUT2D eigenvalue weighted by Gasteiger charge is -2.28. The van der Waals surface area contributed by atoms with Crippen LogP contribution in [-0.4, -0.2) is 48.3 Å². The van der Waals surface area contributed by atoms with Gasteiger partial charge in [0.15, 0.2) is 0 Å². The van der Waals surface area contributed by atoms with Crippen molar-refractivity contribution in [3.8, 4) is 0 Å². The first-order valence-electron chi connectivity index (χ1n) is 15.6. The Balaban J connectivity index is 1.76. The number of rotatable bonds is 17. The van der Waals surface area contributed by atoms with Crippen molar-refractivity contribution in [1.82, 2.24) is 21.3 Å². The van der Waals surface area contributed by atoms with Crippen LogP contribution >= 0.6 is 0 Å². The highest BCUT2D eigenvalue weighted by Crippen LogP contribution is 2.17. The van der Waals surface area contributed by atoms with Gasteiger partial charge in [0, 0.05) is 19.4 Å². The summed E-state index contributed by atoms with van der Waals surface area (Å²) in [5, 5.41) is 13.7. The Labute approximate surface area is 260 Å². The summed E-state index contributed by atoms with van der Waals surface area (Å²) in [6.07, 6.45) is 2.91. The minimum absolute atomic E-state index is 0.222. The molecule has 4 amide bonds. The second-order valence-electron chi connectivity index (χ2n) is 11.3. The summed E-state index contributed by atoms with van der Waals surface area (Å²) in [6.45, 7) is 6.37. The van der Waals surface area contributed by atoms with Crippen molar-refractivity contribution < 1.29 is 19.2 Å². The summed E-state index contributed by atoms with van der Waals surface area (Å²) < 4.78 is 0. The molecule has 0 fully saturated rings. The van der Waals surface area contributed by atoms with Gasteiger partial charge in [0.1, 0.15) is 18.1 Å². The van der Waals surface area contributed by atoms with Gasteiger partial charge in [-0.25, -0.2) is 0 Å². The largest absolute Gasteiger partial charge is 0.350 e. The number of nitrogens with two attached hydrogens (primary N) is 1. The van der Waals surface area contributed by atoms with Crippen molar-refractivity contribution in [2.24, 2.45) is 11.7 Å². The zero-order valence-electron chi connectivity index (χ0n) is 26.1. The van der Waals surface area contributed by atoms with E-state index >= 15 is 0 Å². The van der Waals surface area contributed by atoms with Gasteiger partial charge in [0.25, 0.3) is 0 Å². The molecule has 0 bridgehead atoms. The summed E-state index contributed by atoms with van der Waals surface area (Å²) in [5.41, 5.74) is 7.51. The lowest BCUT2D eigenvalue weighted by atomic mass is 9.96. The minimum Gasteiger partial charge on any atom is -0.350 e. The molecule has 0 spiro atoms. The number of benzene rings is 3. The average molecular weight is 602 g/mol. The molecule has 6 N–H and O–H groups in total. The smallest absolute Gasteiger partial charge is 0.243 e. The van der Waals surface area contributed by atoms with Crippen molar-refractivity contribution in [2.45, 2.75) is 84.0 Å². The second kappa shape index (κ2) is 17.8. The van der Waals surface area contributed by atoms with Crippen molar-refractivity contribution >= 4 is 34.4 Å². The SMILES string of the molecule is CCC(=O)N[C@@H](Cc1ccc2ccccc2c1)C(=O)N[C@H](C(=O)N[C@@H](CCCCN)C(=O)NCc1ccccc1)[C@@H](C)CC. The fourth-order valence-corrected chi connectivity index (χ4v) is 4.99.